The van der Waals surface area contributed by atoms with Crippen LogP contribution in [0.5, 0.6) is 0 Å². The van der Waals surface area contributed by atoms with Crippen molar-refractivity contribution >= 4 is 23.2 Å². The molecule has 2 heterocycles. The summed E-state index contributed by atoms with van der Waals surface area (Å²) in [6.07, 6.45) is 3.52. The number of benzene rings is 1. The maximum Gasteiger partial charge on any atom is 0.253 e. The molecule has 3 unspecified atom stereocenters. The molecular formula is C13H15ClN2O2. The van der Waals surface area contributed by atoms with E-state index in [0.29, 0.717) is 22.4 Å². The lowest BCUT2D eigenvalue weighted by Gasteiger charge is -2.20. The first kappa shape index (κ1) is 11.8. The SMILES string of the molecule is Nc1cccc(C(=O)NC2CC3CCC2O3)c1Cl. The number of anilines is 1. The maximum atomic E-state index is 12.1. The van der Waals surface area contributed by atoms with Crippen molar-refractivity contribution in [3.63, 3.8) is 0 Å². The molecule has 96 valence electrons. The van der Waals surface area contributed by atoms with E-state index in [1.165, 1.54) is 0 Å². The van der Waals surface area contributed by atoms with Crippen LogP contribution in [0.1, 0.15) is 29.6 Å². The third-order valence-electron chi connectivity index (χ3n) is 3.70. The highest BCUT2D eigenvalue weighted by molar-refractivity contribution is 6.36. The van der Waals surface area contributed by atoms with Crippen LogP contribution in [-0.2, 0) is 4.74 Å². The minimum Gasteiger partial charge on any atom is -0.398 e. The molecule has 2 saturated heterocycles. The normalized spacial score (nSPS) is 29.5. The van der Waals surface area contributed by atoms with E-state index in [4.69, 9.17) is 22.1 Å². The fourth-order valence-corrected chi connectivity index (χ4v) is 2.97. The van der Waals surface area contributed by atoms with E-state index >= 15 is 0 Å². The minimum atomic E-state index is -0.173. The smallest absolute Gasteiger partial charge is 0.253 e. The highest BCUT2D eigenvalue weighted by Gasteiger charge is 2.41. The van der Waals surface area contributed by atoms with Gasteiger partial charge in [0.25, 0.3) is 5.91 Å². The number of hydrogen-bond acceptors (Lipinski definition) is 3. The molecule has 0 saturated carbocycles. The number of carbonyl (C=O) groups is 1. The second-order valence-electron chi connectivity index (χ2n) is 4.90. The average molecular weight is 267 g/mol. The largest absolute Gasteiger partial charge is 0.398 e. The van der Waals surface area contributed by atoms with Crippen molar-refractivity contribution in [2.45, 2.75) is 37.5 Å². The van der Waals surface area contributed by atoms with Gasteiger partial charge in [-0.2, -0.15) is 0 Å². The fraction of sp³-hybridized carbons (Fsp3) is 0.462. The van der Waals surface area contributed by atoms with Gasteiger partial charge in [0.1, 0.15) is 0 Å². The van der Waals surface area contributed by atoms with Crippen LogP contribution in [0, 0.1) is 0 Å². The lowest BCUT2D eigenvalue weighted by molar-refractivity contribution is 0.0841. The van der Waals surface area contributed by atoms with Crippen molar-refractivity contribution in [3.05, 3.63) is 28.8 Å². The van der Waals surface area contributed by atoms with E-state index in [1.807, 2.05) is 0 Å². The van der Waals surface area contributed by atoms with Gasteiger partial charge in [-0.1, -0.05) is 17.7 Å². The maximum absolute atomic E-state index is 12.1. The van der Waals surface area contributed by atoms with Crippen molar-refractivity contribution in [1.29, 1.82) is 0 Å². The first-order valence-corrected chi connectivity index (χ1v) is 6.53. The van der Waals surface area contributed by atoms with Gasteiger partial charge in [-0.25, -0.2) is 0 Å². The Hall–Kier alpha value is -1.26. The molecule has 18 heavy (non-hydrogen) atoms. The molecule has 4 nitrogen and oxygen atoms in total. The third-order valence-corrected chi connectivity index (χ3v) is 4.12. The molecule has 0 radical (unpaired) electrons. The molecule has 3 N–H and O–H groups in total. The van der Waals surface area contributed by atoms with E-state index in [1.54, 1.807) is 18.2 Å². The first-order chi connectivity index (χ1) is 8.65. The number of nitrogens with two attached hydrogens (primary N) is 1. The van der Waals surface area contributed by atoms with E-state index < -0.39 is 0 Å². The summed E-state index contributed by atoms with van der Waals surface area (Å²) in [5, 5.41) is 3.31. The molecular weight excluding hydrogens is 252 g/mol. The van der Waals surface area contributed by atoms with Gasteiger partial charge in [-0.15, -0.1) is 0 Å². The van der Waals surface area contributed by atoms with Gasteiger partial charge >= 0.3 is 0 Å². The molecule has 0 aromatic heterocycles. The van der Waals surface area contributed by atoms with Crippen LogP contribution in [0.2, 0.25) is 5.02 Å². The minimum absolute atomic E-state index is 0.105. The first-order valence-electron chi connectivity index (χ1n) is 6.15. The fourth-order valence-electron chi connectivity index (χ4n) is 2.76. The number of amides is 1. The molecule has 1 aromatic rings. The molecule has 5 heteroatoms. The van der Waals surface area contributed by atoms with E-state index in [9.17, 15) is 4.79 Å². The predicted octanol–water partition coefficient (Wildman–Crippen LogP) is 1.97. The Labute approximate surface area is 110 Å². The molecule has 2 aliphatic rings. The molecule has 3 atom stereocenters. The van der Waals surface area contributed by atoms with Crippen molar-refractivity contribution in [3.8, 4) is 0 Å². The van der Waals surface area contributed by atoms with Crippen LogP contribution in [-0.4, -0.2) is 24.2 Å². The Bertz CT molecular complexity index is 492. The molecule has 1 aromatic carbocycles. The zero-order valence-corrected chi connectivity index (χ0v) is 10.6. The third kappa shape index (κ3) is 1.95. The number of carbonyl (C=O) groups excluding carboxylic acids is 1. The number of halogens is 1. The second-order valence-corrected chi connectivity index (χ2v) is 5.28. The number of hydrogen-bond donors (Lipinski definition) is 2. The predicted molar refractivity (Wildman–Crippen MR) is 69.6 cm³/mol. The van der Waals surface area contributed by atoms with Gasteiger partial charge in [0.05, 0.1) is 34.5 Å². The Morgan fingerprint density at radius 3 is 2.94 bits per heavy atom. The quantitative estimate of drug-likeness (QED) is 0.805. The van der Waals surface area contributed by atoms with Gasteiger partial charge < -0.3 is 15.8 Å². The standard InChI is InChI=1S/C13H15ClN2O2/c14-12-8(2-1-3-9(12)15)13(17)16-10-6-7-4-5-11(10)18-7/h1-3,7,10-11H,4-6,15H2,(H,16,17). The summed E-state index contributed by atoms with van der Waals surface area (Å²) in [7, 11) is 0. The van der Waals surface area contributed by atoms with Crippen molar-refractivity contribution < 1.29 is 9.53 Å². The highest BCUT2D eigenvalue weighted by atomic mass is 35.5. The lowest BCUT2D eigenvalue weighted by Crippen LogP contribution is -2.41. The van der Waals surface area contributed by atoms with E-state index in [2.05, 4.69) is 5.32 Å². The van der Waals surface area contributed by atoms with E-state index in [-0.39, 0.29) is 18.1 Å². The van der Waals surface area contributed by atoms with Gasteiger partial charge in [-0.3, -0.25) is 4.79 Å². The Morgan fingerprint density at radius 1 is 1.44 bits per heavy atom. The topological polar surface area (TPSA) is 64.4 Å². The van der Waals surface area contributed by atoms with Gasteiger partial charge in [-0.05, 0) is 31.4 Å². The van der Waals surface area contributed by atoms with Crippen LogP contribution < -0.4 is 11.1 Å². The molecule has 2 bridgehead atoms. The number of rotatable bonds is 2. The molecule has 0 spiro atoms. The molecule has 3 rings (SSSR count). The van der Waals surface area contributed by atoms with Gasteiger partial charge in [0, 0.05) is 0 Å². The number of ether oxygens (including phenoxy) is 1. The van der Waals surface area contributed by atoms with Crippen LogP contribution in [0.25, 0.3) is 0 Å². The van der Waals surface area contributed by atoms with Crippen molar-refractivity contribution in [1.82, 2.24) is 5.32 Å². The van der Waals surface area contributed by atoms with Crippen LogP contribution in [0.3, 0.4) is 0 Å². The van der Waals surface area contributed by atoms with Crippen LogP contribution in [0.4, 0.5) is 5.69 Å². The van der Waals surface area contributed by atoms with Gasteiger partial charge in [0.15, 0.2) is 0 Å². The Kier molecular flexibility index (Phi) is 2.92. The van der Waals surface area contributed by atoms with Crippen molar-refractivity contribution in [2.24, 2.45) is 0 Å². The van der Waals surface area contributed by atoms with Crippen molar-refractivity contribution in [2.75, 3.05) is 5.73 Å². The molecule has 1 amide bonds. The van der Waals surface area contributed by atoms with Crippen LogP contribution in [0.15, 0.2) is 18.2 Å². The summed E-state index contributed by atoms with van der Waals surface area (Å²) in [4.78, 5) is 12.1. The zero-order chi connectivity index (χ0) is 12.7. The second kappa shape index (κ2) is 4.44. The lowest BCUT2D eigenvalue weighted by atomic mass is 9.95. The summed E-state index contributed by atoms with van der Waals surface area (Å²) >= 11 is 6.04. The number of nitrogen functional groups attached to an aromatic ring is 1. The Morgan fingerprint density at radius 2 is 2.28 bits per heavy atom. The summed E-state index contributed by atoms with van der Waals surface area (Å²) in [6.45, 7) is 0. The molecule has 2 fully saturated rings. The monoisotopic (exact) mass is 266 g/mol. The summed E-state index contributed by atoms with van der Waals surface area (Å²) in [5.74, 6) is -0.173. The summed E-state index contributed by atoms with van der Waals surface area (Å²) < 4.78 is 5.70. The summed E-state index contributed by atoms with van der Waals surface area (Å²) in [5.41, 5.74) is 6.55. The number of nitrogens with one attached hydrogen (secondary N) is 1. The number of fused-ring (bicyclic) bond motifs is 2. The highest BCUT2D eigenvalue weighted by Crippen LogP contribution is 2.34. The average Bonchev–Trinajstić information content (AvgIpc) is 2.94. The Balaban J connectivity index is 1.73. The van der Waals surface area contributed by atoms with Gasteiger partial charge in [0.2, 0.25) is 0 Å². The van der Waals surface area contributed by atoms with E-state index in [0.717, 1.165) is 19.3 Å². The summed E-state index contributed by atoms with van der Waals surface area (Å²) in [6, 6.07) is 5.20. The zero-order valence-electron chi connectivity index (χ0n) is 9.86. The van der Waals surface area contributed by atoms with Crippen LogP contribution >= 0.6 is 11.6 Å². The molecule has 2 aliphatic heterocycles. The molecule has 0 aliphatic carbocycles.